The summed E-state index contributed by atoms with van der Waals surface area (Å²) in [6.45, 7) is 4.62. The summed E-state index contributed by atoms with van der Waals surface area (Å²) in [5.41, 5.74) is 5.11. The van der Waals surface area contributed by atoms with Gasteiger partial charge in [-0.3, -0.25) is 0 Å². The van der Waals surface area contributed by atoms with Crippen LogP contribution in [0.2, 0.25) is 0 Å². The van der Waals surface area contributed by atoms with Gasteiger partial charge in [0.25, 0.3) is 0 Å². The molecule has 0 atom stereocenters. The van der Waals surface area contributed by atoms with E-state index in [1.54, 1.807) is 0 Å². The van der Waals surface area contributed by atoms with Gasteiger partial charge in [0.05, 0.1) is 19.8 Å². The standard InChI is InChI=1S/C27H30N2O3/c1-2-7-22(8-3-1)15-19-30-18-6-16-28-17-20-31-21-23-11-13-24(14-12-23)27-29-25-9-4-5-10-26(25)32-27/h1-5,7-14,28H,6,15-21H2. The summed E-state index contributed by atoms with van der Waals surface area (Å²) in [5.74, 6) is 0.645. The van der Waals surface area contributed by atoms with Crippen LogP contribution in [0.3, 0.4) is 0 Å². The van der Waals surface area contributed by atoms with Crippen LogP contribution in [0, 0.1) is 0 Å². The van der Waals surface area contributed by atoms with Gasteiger partial charge in [-0.2, -0.15) is 0 Å². The SMILES string of the molecule is c1ccc(CCOCCCNCCOCc2ccc(-c3nc4ccccc4o3)cc2)cc1. The summed E-state index contributed by atoms with van der Waals surface area (Å²) < 4.78 is 17.3. The maximum absolute atomic E-state index is 5.82. The molecule has 0 saturated heterocycles. The molecule has 0 aliphatic carbocycles. The largest absolute Gasteiger partial charge is 0.436 e. The number of hydrogen-bond acceptors (Lipinski definition) is 5. The van der Waals surface area contributed by atoms with Crippen molar-refractivity contribution in [1.82, 2.24) is 10.3 Å². The van der Waals surface area contributed by atoms with E-state index in [4.69, 9.17) is 13.9 Å². The Kier molecular flexibility index (Phi) is 8.43. The summed E-state index contributed by atoms with van der Waals surface area (Å²) in [7, 11) is 0. The smallest absolute Gasteiger partial charge is 0.227 e. The first-order chi connectivity index (χ1) is 15.9. The number of fused-ring (bicyclic) bond motifs is 1. The van der Waals surface area contributed by atoms with Gasteiger partial charge in [0.15, 0.2) is 5.58 Å². The van der Waals surface area contributed by atoms with Crippen molar-refractivity contribution in [1.29, 1.82) is 0 Å². The van der Waals surface area contributed by atoms with E-state index in [2.05, 4.69) is 46.7 Å². The highest BCUT2D eigenvalue weighted by atomic mass is 16.5. The van der Waals surface area contributed by atoms with E-state index >= 15 is 0 Å². The maximum Gasteiger partial charge on any atom is 0.227 e. The molecule has 0 radical (unpaired) electrons. The number of oxazole rings is 1. The number of nitrogens with zero attached hydrogens (tertiary/aromatic N) is 1. The Labute approximate surface area is 189 Å². The Morgan fingerprint density at radius 1 is 0.719 bits per heavy atom. The van der Waals surface area contributed by atoms with Gasteiger partial charge in [0.1, 0.15) is 5.52 Å². The Morgan fingerprint density at radius 2 is 1.53 bits per heavy atom. The van der Waals surface area contributed by atoms with Crippen molar-refractivity contribution >= 4 is 11.1 Å². The molecule has 0 aliphatic heterocycles. The number of nitrogens with one attached hydrogen (secondary N) is 1. The lowest BCUT2D eigenvalue weighted by Crippen LogP contribution is -2.22. The molecule has 4 aromatic rings. The van der Waals surface area contributed by atoms with Crippen LogP contribution in [0.4, 0.5) is 0 Å². The monoisotopic (exact) mass is 430 g/mol. The fourth-order valence-corrected chi connectivity index (χ4v) is 3.43. The molecule has 5 nitrogen and oxygen atoms in total. The van der Waals surface area contributed by atoms with E-state index in [1.165, 1.54) is 5.56 Å². The third-order valence-electron chi connectivity index (χ3n) is 5.21. The lowest BCUT2D eigenvalue weighted by atomic mass is 10.1. The molecule has 1 aromatic heterocycles. The molecule has 0 fully saturated rings. The third kappa shape index (κ3) is 6.76. The van der Waals surface area contributed by atoms with E-state index in [9.17, 15) is 0 Å². The minimum absolute atomic E-state index is 0.595. The molecular weight excluding hydrogens is 400 g/mol. The molecule has 5 heteroatoms. The summed E-state index contributed by atoms with van der Waals surface area (Å²) in [5, 5.41) is 3.40. The molecule has 1 N–H and O–H groups in total. The Bertz CT molecular complexity index is 1030. The average Bonchev–Trinajstić information content (AvgIpc) is 3.28. The molecule has 0 saturated carbocycles. The zero-order valence-electron chi connectivity index (χ0n) is 18.3. The predicted octanol–water partition coefficient (Wildman–Crippen LogP) is 5.25. The van der Waals surface area contributed by atoms with Crippen molar-refractivity contribution in [2.24, 2.45) is 0 Å². The van der Waals surface area contributed by atoms with Gasteiger partial charge in [-0.1, -0.05) is 54.6 Å². The molecule has 0 spiro atoms. The molecule has 1 heterocycles. The Hall–Kier alpha value is -2.99. The number of para-hydroxylation sites is 2. The highest BCUT2D eigenvalue weighted by Crippen LogP contribution is 2.24. The molecule has 166 valence electrons. The van der Waals surface area contributed by atoms with Crippen molar-refractivity contribution < 1.29 is 13.9 Å². The van der Waals surface area contributed by atoms with E-state index in [0.29, 0.717) is 19.1 Å². The Balaban J connectivity index is 1.04. The average molecular weight is 431 g/mol. The van der Waals surface area contributed by atoms with Crippen LogP contribution in [0.1, 0.15) is 17.5 Å². The summed E-state index contributed by atoms with van der Waals surface area (Å²) >= 11 is 0. The molecular formula is C27H30N2O3. The third-order valence-corrected chi connectivity index (χ3v) is 5.21. The molecule has 3 aromatic carbocycles. The molecule has 0 unspecified atom stereocenters. The van der Waals surface area contributed by atoms with Crippen molar-refractivity contribution in [3.05, 3.63) is 90.0 Å². The van der Waals surface area contributed by atoms with Crippen LogP contribution in [0.15, 0.2) is 83.3 Å². The van der Waals surface area contributed by atoms with Crippen LogP contribution in [0.25, 0.3) is 22.6 Å². The van der Waals surface area contributed by atoms with Crippen LogP contribution in [-0.2, 0) is 22.5 Å². The second kappa shape index (κ2) is 12.2. The van der Waals surface area contributed by atoms with E-state index in [1.807, 2.05) is 42.5 Å². The Morgan fingerprint density at radius 3 is 2.38 bits per heavy atom. The first-order valence-corrected chi connectivity index (χ1v) is 11.2. The van der Waals surface area contributed by atoms with E-state index in [-0.39, 0.29) is 0 Å². The van der Waals surface area contributed by atoms with Crippen LogP contribution >= 0.6 is 0 Å². The van der Waals surface area contributed by atoms with Gasteiger partial charge in [0.2, 0.25) is 5.89 Å². The topological polar surface area (TPSA) is 56.5 Å². The van der Waals surface area contributed by atoms with Gasteiger partial charge in [-0.25, -0.2) is 4.98 Å². The lowest BCUT2D eigenvalue weighted by Gasteiger charge is -2.07. The van der Waals surface area contributed by atoms with Crippen molar-refractivity contribution in [3.63, 3.8) is 0 Å². The fourth-order valence-electron chi connectivity index (χ4n) is 3.43. The molecule has 0 bridgehead atoms. The summed E-state index contributed by atoms with van der Waals surface area (Å²) in [6, 6.07) is 26.4. The molecule has 0 aliphatic rings. The van der Waals surface area contributed by atoms with Crippen LogP contribution < -0.4 is 5.32 Å². The van der Waals surface area contributed by atoms with Gasteiger partial charge in [-0.15, -0.1) is 0 Å². The number of aromatic nitrogens is 1. The van der Waals surface area contributed by atoms with Crippen molar-refractivity contribution in [2.75, 3.05) is 32.9 Å². The van der Waals surface area contributed by atoms with Gasteiger partial charge in [0, 0.05) is 18.7 Å². The predicted molar refractivity (Wildman–Crippen MR) is 128 cm³/mol. The van der Waals surface area contributed by atoms with Gasteiger partial charge in [-0.05, 0) is 54.8 Å². The molecule has 0 amide bonds. The number of rotatable bonds is 13. The molecule has 4 rings (SSSR count). The number of ether oxygens (including phenoxy) is 2. The lowest BCUT2D eigenvalue weighted by molar-refractivity contribution is 0.118. The van der Waals surface area contributed by atoms with Gasteiger partial charge >= 0.3 is 0 Å². The molecule has 32 heavy (non-hydrogen) atoms. The van der Waals surface area contributed by atoms with E-state index < -0.39 is 0 Å². The quantitative estimate of drug-likeness (QED) is 0.294. The van der Waals surface area contributed by atoms with Crippen LogP contribution in [0.5, 0.6) is 0 Å². The second-order valence-electron chi connectivity index (χ2n) is 7.69. The van der Waals surface area contributed by atoms with Crippen molar-refractivity contribution in [2.45, 2.75) is 19.4 Å². The highest BCUT2D eigenvalue weighted by Gasteiger charge is 2.07. The second-order valence-corrected chi connectivity index (χ2v) is 7.69. The van der Waals surface area contributed by atoms with Crippen LogP contribution in [-0.4, -0.2) is 37.9 Å². The number of benzene rings is 3. The normalized spacial score (nSPS) is 11.2. The maximum atomic E-state index is 5.82. The fraction of sp³-hybridized carbons (Fsp3) is 0.296. The zero-order chi connectivity index (χ0) is 21.8. The number of hydrogen-bond donors (Lipinski definition) is 1. The highest BCUT2D eigenvalue weighted by molar-refractivity contribution is 5.75. The summed E-state index contributed by atoms with van der Waals surface area (Å²) in [4.78, 5) is 4.54. The summed E-state index contributed by atoms with van der Waals surface area (Å²) in [6.07, 6.45) is 1.98. The minimum Gasteiger partial charge on any atom is -0.436 e. The van der Waals surface area contributed by atoms with Crippen molar-refractivity contribution in [3.8, 4) is 11.5 Å². The van der Waals surface area contributed by atoms with E-state index in [0.717, 1.165) is 61.4 Å². The van der Waals surface area contributed by atoms with Gasteiger partial charge < -0.3 is 19.2 Å². The minimum atomic E-state index is 0.595. The zero-order valence-corrected chi connectivity index (χ0v) is 18.3. The first-order valence-electron chi connectivity index (χ1n) is 11.2. The first kappa shape index (κ1) is 22.2.